The first-order valence-electron chi connectivity index (χ1n) is 8.96. The van der Waals surface area contributed by atoms with Gasteiger partial charge in [0.15, 0.2) is 5.65 Å². The summed E-state index contributed by atoms with van der Waals surface area (Å²) < 4.78 is 12.0. The Morgan fingerprint density at radius 3 is 2.79 bits per heavy atom. The third-order valence-corrected chi connectivity index (χ3v) is 4.33. The molecular weight excluding hydrogens is 360 g/mol. The zero-order chi connectivity index (χ0) is 20.1. The molecule has 0 unspecified atom stereocenters. The van der Waals surface area contributed by atoms with Crippen LogP contribution in [0.25, 0.3) is 16.9 Å². The molecule has 9 heteroatoms. The fraction of sp³-hybridized carbons (Fsp3) is 0.368. The van der Waals surface area contributed by atoms with Crippen molar-refractivity contribution < 1.29 is 14.3 Å². The molecule has 0 aliphatic carbocycles. The molecule has 1 N–H and O–H groups in total. The lowest BCUT2D eigenvalue weighted by Gasteiger charge is -2.25. The van der Waals surface area contributed by atoms with E-state index in [4.69, 9.17) is 9.47 Å². The van der Waals surface area contributed by atoms with Crippen molar-refractivity contribution in [2.75, 3.05) is 32.6 Å². The number of aromatic nitrogens is 4. The number of methoxy groups -OCH3 is 2. The number of fused-ring (bicyclic) bond motifs is 1. The number of hydrogen-bond donors (Lipinski definition) is 1. The van der Waals surface area contributed by atoms with E-state index in [0.29, 0.717) is 24.7 Å². The monoisotopic (exact) mass is 384 g/mol. The molecule has 0 aliphatic heterocycles. The van der Waals surface area contributed by atoms with Crippen LogP contribution in [-0.4, -0.2) is 63.9 Å². The zero-order valence-electron chi connectivity index (χ0n) is 16.4. The smallest absolute Gasteiger partial charge is 0.409 e. The highest BCUT2D eigenvalue weighted by atomic mass is 16.5. The molecule has 148 valence electrons. The summed E-state index contributed by atoms with van der Waals surface area (Å²) in [6.45, 7) is 4.93. The molecule has 0 saturated carbocycles. The third kappa shape index (κ3) is 3.98. The number of imidazole rings is 1. The van der Waals surface area contributed by atoms with Crippen LogP contribution in [0.1, 0.15) is 13.8 Å². The van der Waals surface area contributed by atoms with Crippen molar-refractivity contribution in [2.24, 2.45) is 0 Å². The summed E-state index contributed by atoms with van der Waals surface area (Å²) in [6, 6.07) is 5.64. The Kier molecular flexibility index (Phi) is 5.93. The summed E-state index contributed by atoms with van der Waals surface area (Å²) in [5.41, 5.74) is 2.38. The van der Waals surface area contributed by atoms with E-state index < -0.39 is 0 Å². The minimum Gasteiger partial charge on any atom is -0.494 e. The van der Waals surface area contributed by atoms with Gasteiger partial charge in [-0.25, -0.2) is 14.3 Å². The first-order chi connectivity index (χ1) is 13.5. The van der Waals surface area contributed by atoms with Gasteiger partial charge in [0.1, 0.15) is 11.6 Å². The second-order valence-electron chi connectivity index (χ2n) is 6.39. The molecule has 3 heterocycles. The van der Waals surface area contributed by atoms with Crippen molar-refractivity contribution >= 4 is 17.6 Å². The van der Waals surface area contributed by atoms with Crippen LogP contribution >= 0.6 is 0 Å². The highest BCUT2D eigenvalue weighted by Gasteiger charge is 2.17. The average Bonchev–Trinajstić information content (AvgIpc) is 3.13. The maximum Gasteiger partial charge on any atom is 0.409 e. The number of nitrogens with zero attached hydrogens (tertiary/aromatic N) is 5. The van der Waals surface area contributed by atoms with Gasteiger partial charge >= 0.3 is 6.09 Å². The molecule has 3 aromatic rings. The molecule has 28 heavy (non-hydrogen) atoms. The largest absolute Gasteiger partial charge is 0.494 e. The molecule has 0 spiro atoms. The molecule has 0 radical (unpaired) electrons. The van der Waals surface area contributed by atoms with Gasteiger partial charge in [-0.05, 0) is 32.0 Å². The quantitative estimate of drug-likeness (QED) is 0.669. The number of anilines is 1. The molecule has 3 aromatic heterocycles. The van der Waals surface area contributed by atoms with Crippen LogP contribution in [0.5, 0.6) is 5.75 Å². The van der Waals surface area contributed by atoms with Gasteiger partial charge in [-0.3, -0.25) is 4.98 Å². The predicted molar refractivity (Wildman–Crippen MR) is 106 cm³/mol. The fourth-order valence-corrected chi connectivity index (χ4v) is 2.89. The van der Waals surface area contributed by atoms with E-state index >= 15 is 0 Å². The highest BCUT2D eigenvalue weighted by molar-refractivity contribution is 5.69. The van der Waals surface area contributed by atoms with Gasteiger partial charge in [-0.1, -0.05) is 0 Å². The van der Waals surface area contributed by atoms with E-state index in [1.807, 2.05) is 32.0 Å². The van der Waals surface area contributed by atoms with Crippen molar-refractivity contribution in [3.8, 4) is 17.0 Å². The van der Waals surface area contributed by atoms with Crippen molar-refractivity contribution in [3.05, 3.63) is 36.8 Å². The molecule has 0 fully saturated rings. The average molecular weight is 384 g/mol. The summed E-state index contributed by atoms with van der Waals surface area (Å²) >= 11 is 0. The highest BCUT2D eigenvalue weighted by Crippen LogP contribution is 2.29. The van der Waals surface area contributed by atoms with E-state index in [1.54, 1.807) is 35.1 Å². The summed E-state index contributed by atoms with van der Waals surface area (Å²) in [4.78, 5) is 22.0. The lowest BCUT2D eigenvalue weighted by Crippen LogP contribution is -2.40. The summed E-state index contributed by atoms with van der Waals surface area (Å²) in [6.07, 6.45) is 4.76. The number of amides is 1. The Labute approximate surface area is 163 Å². The number of ether oxygens (including phenoxy) is 2. The van der Waals surface area contributed by atoms with Crippen LogP contribution in [0.15, 0.2) is 36.8 Å². The maximum absolute atomic E-state index is 11.8. The van der Waals surface area contributed by atoms with E-state index in [0.717, 1.165) is 16.9 Å². The van der Waals surface area contributed by atoms with E-state index in [2.05, 4.69) is 20.4 Å². The minimum atomic E-state index is -0.345. The molecule has 0 aliphatic rings. The lowest BCUT2D eigenvalue weighted by atomic mass is 10.2. The molecular formula is C19H24N6O3. The Bertz CT molecular complexity index is 956. The van der Waals surface area contributed by atoms with E-state index in [9.17, 15) is 4.79 Å². The van der Waals surface area contributed by atoms with Crippen LogP contribution < -0.4 is 10.1 Å². The van der Waals surface area contributed by atoms with E-state index in [-0.39, 0.29) is 12.1 Å². The summed E-state index contributed by atoms with van der Waals surface area (Å²) in [5, 5.41) is 7.87. The van der Waals surface area contributed by atoms with Crippen molar-refractivity contribution in [2.45, 2.75) is 19.9 Å². The SMILES string of the molecule is COC(=O)N(CCNc1ccc2ncc(-c3ccncc3OC)n2n1)C(C)C. The van der Waals surface area contributed by atoms with Gasteiger partial charge in [-0.2, -0.15) is 0 Å². The molecule has 3 rings (SSSR count). The van der Waals surface area contributed by atoms with Gasteiger partial charge in [0.05, 0.1) is 32.3 Å². The zero-order valence-corrected chi connectivity index (χ0v) is 16.4. The fourth-order valence-electron chi connectivity index (χ4n) is 2.89. The Hall–Kier alpha value is -3.36. The Morgan fingerprint density at radius 2 is 2.07 bits per heavy atom. The molecule has 0 saturated heterocycles. The van der Waals surface area contributed by atoms with Crippen LogP contribution in [0, 0.1) is 0 Å². The van der Waals surface area contributed by atoms with Crippen LogP contribution in [0.3, 0.4) is 0 Å². The Balaban J connectivity index is 1.80. The number of carbonyl (C=O) groups is 1. The first-order valence-corrected chi connectivity index (χ1v) is 8.96. The van der Waals surface area contributed by atoms with Crippen LogP contribution in [0.2, 0.25) is 0 Å². The van der Waals surface area contributed by atoms with Gasteiger partial charge in [0, 0.05) is 30.9 Å². The number of pyridine rings is 1. The molecule has 0 bridgehead atoms. The van der Waals surface area contributed by atoms with Gasteiger partial charge in [-0.15, -0.1) is 5.10 Å². The maximum atomic E-state index is 11.8. The summed E-state index contributed by atoms with van der Waals surface area (Å²) in [5.74, 6) is 1.32. The molecule has 9 nitrogen and oxygen atoms in total. The van der Waals surface area contributed by atoms with Gasteiger partial charge in [0.2, 0.25) is 0 Å². The number of nitrogens with one attached hydrogen (secondary N) is 1. The van der Waals surface area contributed by atoms with Gasteiger partial charge < -0.3 is 19.7 Å². The third-order valence-electron chi connectivity index (χ3n) is 4.33. The predicted octanol–water partition coefficient (Wildman–Crippen LogP) is 2.69. The number of hydrogen-bond acceptors (Lipinski definition) is 7. The summed E-state index contributed by atoms with van der Waals surface area (Å²) in [7, 11) is 2.99. The van der Waals surface area contributed by atoms with Crippen molar-refractivity contribution in [3.63, 3.8) is 0 Å². The number of carbonyl (C=O) groups excluding carboxylic acids is 1. The second-order valence-corrected chi connectivity index (χ2v) is 6.39. The van der Waals surface area contributed by atoms with Crippen molar-refractivity contribution in [1.29, 1.82) is 0 Å². The topological polar surface area (TPSA) is 93.9 Å². The standard InChI is InChI=1S/C19H24N6O3/c1-13(2)24(19(26)28-4)10-9-21-17-5-6-18-22-11-15(25(18)23-17)14-7-8-20-12-16(14)27-3/h5-8,11-13H,9-10H2,1-4H3,(H,21,23). The van der Waals surface area contributed by atoms with Crippen molar-refractivity contribution in [1.82, 2.24) is 24.5 Å². The molecule has 1 amide bonds. The molecule has 0 aromatic carbocycles. The van der Waals surface area contributed by atoms with Gasteiger partial charge in [0.25, 0.3) is 0 Å². The van der Waals surface area contributed by atoms with E-state index in [1.165, 1.54) is 7.11 Å². The minimum absolute atomic E-state index is 0.0455. The first kappa shape index (κ1) is 19.4. The van der Waals surface area contributed by atoms with Crippen LogP contribution in [0.4, 0.5) is 10.6 Å². The Morgan fingerprint density at radius 1 is 1.25 bits per heavy atom. The normalized spacial score (nSPS) is 10.9. The second kappa shape index (κ2) is 8.55. The lowest BCUT2D eigenvalue weighted by molar-refractivity contribution is 0.113. The van der Waals surface area contributed by atoms with Crippen LogP contribution in [-0.2, 0) is 4.74 Å². The number of rotatable bonds is 7. The molecule has 0 atom stereocenters.